The molecule has 4 nitrogen and oxygen atoms in total. The topological polar surface area (TPSA) is 44.1 Å². The Kier molecular flexibility index (Phi) is 4.50. The number of carbonyl (C=O) groups excluding carboxylic acids is 1. The number of ether oxygens (including phenoxy) is 1. The van der Waals surface area contributed by atoms with Gasteiger partial charge in [0.05, 0.1) is 15.7 Å². The third-order valence-corrected chi connectivity index (χ3v) is 3.26. The van der Waals surface area contributed by atoms with Crippen LogP contribution in [0.25, 0.3) is 0 Å². The molecule has 2 aromatic rings. The van der Waals surface area contributed by atoms with E-state index in [1.165, 1.54) is 10.9 Å². The van der Waals surface area contributed by atoms with E-state index < -0.39 is 6.10 Å². The molecular weight excluding hydrogens is 355 g/mol. The molecule has 0 bridgehead atoms. The maximum Gasteiger partial charge on any atom is 0.287 e. The second kappa shape index (κ2) is 5.94. The predicted octanol–water partition coefficient (Wildman–Crippen LogP) is 4.06. The van der Waals surface area contributed by atoms with Gasteiger partial charge in [-0.2, -0.15) is 5.10 Å². The molecule has 1 aromatic carbocycles. The summed E-state index contributed by atoms with van der Waals surface area (Å²) in [5, 5.41) is 4.76. The van der Waals surface area contributed by atoms with Gasteiger partial charge >= 0.3 is 0 Å². The Labute approximate surface area is 128 Å². The van der Waals surface area contributed by atoms with Crippen molar-refractivity contribution in [2.45, 2.75) is 13.0 Å². The van der Waals surface area contributed by atoms with E-state index in [-0.39, 0.29) is 5.91 Å². The molecule has 2 rings (SSSR count). The smallest absolute Gasteiger partial charge is 0.287 e. The van der Waals surface area contributed by atoms with Crippen LogP contribution in [0.5, 0.6) is 5.75 Å². The molecule has 1 aromatic heterocycles. The van der Waals surface area contributed by atoms with E-state index in [2.05, 4.69) is 21.0 Å². The first-order chi connectivity index (χ1) is 8.97. The number of benzene rings is 1. The van der Waals surface area contributed by atoms with Gasteiger partial charge in [0.15, 0.2) is 6.10 Å². The minimum Gasteiger partial charge on any atom is -0.479 e. The van der Waals surface area contributed by atoms with Crippen LogP contribution in [-0.4, -0.2) is 21.8 Å². The third-order valence-electron chi connectivity index (χ3n) is 2.32. The van der Waals surface area contributed by atoms with Crippen molar-refractivity contribution in [3.63, 3.8) is 0 Å². The summed E-state index contributed by atoms with van der Waals surface area (Å²) in [6, 6.07) is 4.82. The predicted molar refractivity (Wildman–Crippen MR) is 77.1 cm³/mol. The second-order valence-corrected chi connectivity index (χ2v) is 5.54. The number of halogens is 3. The molecule has 0 aliphatic heterocycles. The van der Waals surface area contributed by atoms with Crippen molar-refractivity contribution in [1.82, 2.24) is 9.78 Å². The van der Waals surface area contributed by atoms with E-state index in [0.29, 0.717) is 15.8 Å². The zero-order valence-corrected chi connectivity index (χ0v) is 12.9. The number of aromatic nitrogens is 2. The fourth-order valence-electron chi connectivity index (χ4n) is 1.42. The summed E-state index contributed by atoms with van der Waals surface area (Å²) in [7, 11) is 0. The van der Waals surface area contributed by atoms with Crippen LogP contribution in [0, 0.1) is 0 Å². The molecule has 0 aliphatic rings. The Morgan fingerprint density at radius 2 is 2.21 bits per heavy atom. The van der Waals surface area contributed by atoms with Crippen LogP contribution >= 0.6 is 39.1 Å². The van der Waals surface area contributed by atoms with Crippen molar-refractivity contribution in [1.29, 1.82) is 0 Å². The first kappa shape index (κ1) is 14.4. The van der Waals surface area contributed by atoms with Crippen LogP contribution in [0.1, 0.15) is 11.7 Å². The highest BCUT2D eigenvalue weighted by atomic mass is 79.9. The Hall–Kier alpha value is -1.04. The average Bonchev–Trinajstić information content (AvgIpc) is 2.78. The zero-order chi connectivity index (χ0) is 14.0. The first-order valence-corrected chi connectivity index (χ1v) is 6.88. The summed E-state index contributed by atoms with van der Waals surface area (Å²) in [4.78, 5) is 12.0. The van der Waals surface area contributed by atoms with E-state index in [1.807, 2.05) is 0 Å². The van der Waals surface area contributed by atoms with Crippen molar-refractivity contribution in [2.24, 2.45) is 0 Å². The van der Waals surface area contributed by atoms with Gasteiger partial charge in [-0.05, 0) is 41.1 Å². The largest absolute Gasteiger partial charge is 0.479 e. The molecule has 0 N–H and O–H groups in total. The molecule has 0 saturated carbocycles. The molecule has 0 saturated heterocycles. The highest BCUT2D eigenvalue weighted by Gasteiger charge is 2.18. The normalized spacial score (nSPS) is 12.2. The maximum absolute atomic E-state index is 12.0. The minimum absolute atomic E-state index is 0.295. The van der Waals surface area contributed by atoms with Crippen LogP contribution in [0.2, 0.25) is 10.0 Å². The maximum atomic E-state index is 12.0. The molecule has 0 fully saturated rings. The van der Waals surface area contributed by atoms with Gasteiger partial charge in [0.1, 0.15) is 5.75 Å². The fourth-order valence-corrected chi connectivity index (χ4v) is 2.16. The molecule has 19 heavy (non-hydrogen) atoms. The van der Waals surface area contributed by atoms with E-state index in [1.54, 1.807) is 31.3 Å². The SMILES string of the molecule is CC(Oc1ccc(Cl)cc1Cl)C(=O)n1cc(Br)cn1. The number of rotatable bonds is 3. The molecule has 100 valence electrons. The number of nitrogens with zero attached hydrogens (tertiary/aromatic N) is 2. The van der Waals surface area contributed by atoms with Crippen LogP contribution in [0.3, 0.4) is 0 Å². The monoisotopic (exact) mass is 362 g/mol. The van der Waals surface area contributed by atoms with Crippen molar-refractivity contribution in [3.05, 3.63) is 45.1 Å². The molecule has 0 amide bonds. The lowest BCUT2D eigenvalue weighted by Gasteiger charge is -2.14. The highest BCUT2D eigenvalue weighted by molar-refractivity contribution is 9.10. The highest BCUT2D eigenvalue weighted by Crippen LogP contribution is 2.28. The molecule has 7 heteroatoms. The van der Waals surface area contributed by atoms with Crippen molar-refractivity contribution in [3.8, 4) is 5.75 Å². The van der Waals surface area contributed by atoms with Crippen LogP contribution in [0.15, 0.2) is 35.1 Å². The van der Waals surface area contributed by atoms with E-state index >= 15 is 0 Å². The number of hydrogen-bond acceptors (Lipinski definition) is 3. The van der Waals surface area contributed by atoms with Crippen LogP contribution in [0.4, 0.5) is 0 Å². The molecule has 1 unspecified atom stereocenters. The van der Waals surface area contributed by atoms with Gasteiger partial charge in [0, 0.05) is 11.2 Å². The van der Waals surface area contributed by atoms with Gasteiger partial charge in [0.25, 0.3) is 5.91 Å². The quantitative estimate of drug-likeness (QED) is 0.825. The molecular formula is C12H9BrCl2N2O2. The number of hydrogen-bond donors (Lipinski definition) is 0. The summed E-state index contributed by atoms with van der Waals surface area (Å²) in [6.07, 6.45) is 2.37. The summed E-state index contributed by atoms with van der Waals surface area (Å²) < 4.78 is 7.44. The van der Waals surface area contributed by atoms with Gasteiger partial charge < -0.3 is 4.74 Å². The van der Waals surface area contributed by atoms with Gasteiger partial charge in [-0.15, -0.1) is 0 Å². The molecule has 0 spiro atoms. The molecule has 1 atom stereocenters. The van der Waals surface area contributed by atoms with Crippen molar-refractivity contribution >= 4 is 45.0 Å². The lowest BCUT2D eigenvalue weighted by Crippen LogP contribution is -2.29. The summed E-state index contributed by atoms with van der Waals surface area (Å²) in [5.41, 5.74) is 0. The Balaban J connectivity index is 2.12. The van der Waals surface area contributed by atoms with Crippen LogP contribution < -0.4 is 4.74 Å². The van der Waals surface area contributed by atoms with Crippen molar-refractivity contribution in [2.75, 3.05) is 0 Å². The van der Waals surface area contributed by atoms with Gasteiger partial charge in [0.2, 0.25) is 0 Å². The molecule has 0 aliphatic carbocycles. The third kappa shape index (κ3) is 3.49. The van der Waals surface area contributed by atoms with E-state index in [9.17, 15) is 4.79 Å². The van der Waals surface area contributed by atoms with Crippen molar-refractivity contribution < 1.29 is 9.53 Å². The lowest BCUT2D eigenvalue weighted by atomic mass is 10.3. The molecule has 0 radical (unpaired) electrons. The standard InChI is InChI=1S/C12H9BrCl2N2O2/c1-7(12(18)17-6-8(13)5-16-17)19-11-3-2-9(14)4-10(11)15/h2-7H,1H3. The lowest BCUT2D eigenvalue weighted by molar-refractivity contribution is 0.0710. The average molecular weight is 364 g/mol. The Morgan fingerprint density at radius 3 is 2.79 bits per heavy atom. The number of carbonyl (C=O) groups is 1. The second-order valence-electron chi connectivity index (χ2n) is 3.78. The first-order valence-electron chi connectivity index (χ1n) is 5.33. The summed E-state index contributed by atoms with van der Waals surface area (Å²) in [5.74, 6) is 0.106. The minimum atomic E-state index is -0.717. The Morgan fingerprint density at radius 1 is 1.47 bits per heavy atom. The van der Waals surface area contributed by atoms with Gasteiger partial charge in [-0.25, -0.2) is 4.68 Å². The summed E-state index contributed by atoms with van der Waals surface area (Å²) >= 11 is 15.0. The fraction of sp³-hybridized carbons (Fsp3) is 0.167. The van der Waals surface area contributed by atoms with Crippen LogP contribution in [-0.2, 0) is 0 Å². The zero-order valence-electron chi connectivity index (χ0n) is 9.81. The van der Waals surface area contributed by atoms with Gasteiger partial charge in [-0.3, -0.25) is 4.79 Å². The van der Waals surface area contributed by atoms with E-state index in [4.69, 9.17) is 27.9 Å². The molecule has 1 heterocycles. The Bertz CT molecular complexity index is 616. The van der Waals surface area contributed by atoms with Gasteiger partial charge in [-0.1, -0.05) is 23.2 Å². The van der Waals surface area contributed by atoms with E-state index in [0.717, 1.165) is 4.47 Å². The summed E-state index contributed by atoms with van der Waals surface area (Å²) in [6.45, 7) is 1.63.